The Morgan fingerprint density at radius 1 is 0.294 bits per heavy atom. The molecule has 0 unspecified atom stereocenters. The highest BCUT2D eigenvalue weighted by atomic mass is 19.1. The molecule has 318 valence electrons. The number of nitriles is 1. The number of aromatic nitrogens is 4. The smallest absolute Gasteiger partial charge is 0.126 e. The summed E-state index contributed by atoms with van der Waals surface area (Å²) in [5.74, 6) is -1.37. The molecule has 0 fully saturated rings. The molecule has 0 aliphatic heterocycles. The van der Waals surface area contributed by atoms with Crippen LogP contribution in [0.2, 0.25) is 0 Å². The first-order valence-corrected chi connectivity index (χ1v) is 22.6. The lowest BCUT2D eigenvalue weighted by molar-refractivity contribution is 0.584. The zero-order valence-electron chi connectivity index (χ0n) is 36.2. The Bertz CT molecular complexity index is 4120. The molecule has 14 rings (SSSR count). The van der Waals surface area contributed by atoms with E-state index in [1.165, 1.54) is 12.1 Å². The molecule has 4 heterocycles. The van der Waals surface area contributed by atoms with E-state index in [2.05, 4.69) is 182 Å². The molecule has 5 nitrogen and oxygen atoms in total. The zero-order valence-corrected chi connectivity index (χ0v) is 36.2. The van der Waals surface area contributed by atoms with Crippen molar-refractivity contribution in [2.24, 2.45) is 0 Å². The summed E-state index contributed by atoms with van der Waals surface area (Å²) in [6, 6.07) is 73.3. The van der Waals surface area contributed by atoms with Crippen molar-refractivity contribution in [3.63, 3.8) is 0 Å². The standard InChI is InChI=1S/C61H35F2N5/c62-39-29-37(30-40(63)33-39)38-31-58(67-56-23-11-5-17-47(56)49-27-25-41(34-60(49)67)65-52-19-7-1-13-43(52)44-14-2-8-20-53(44)65)51(36-64)59(32-38)68-57-24-12-6-18-48(57)50-28-26-42(35-61(50)68)66-54-21-9-3-15-45(54)46-16-4-10-22-55(46)66/h1-35H. The summed E-state index contributed by atoms with van der Waals surface area (Å²) in [5, 5.41) is 20.4. The molecule has 0 atom stereocenters. The van der Waals surface area contributed by atoms with Gasteiger partial charge in [0.15, 0.2) is 0 Å². The van der Waals surface area contributed by atoms with Crippen LogP contribution in [0, 0.1) is 23.0 Å². The van der Waals surface area contributed by atoms with Crippen LogP contribution in [-0.2, 0) is 0 Å². The van der Waals surface area contributed by atoms with E-state index >= 15 is 8.78 Å². The molecule has 0 aliphatic rings. The van der Waals surface area contributed by atoms with Gasteiger partial charge in [-0.15, -0.1) is 0 Å². The number of rotatable bonds is 5. The number of halogens is 2. The maximum Gasteiger partial charge on any atom is 0.126 e. The van der Waals surface area contributed by atoms with Gasteiger partial charge in [-0.1, -0.05) is 121 Å². The Kier molecular flexibility index (Phi) is 8.05. The summed E-state index contributed by atoms with van der Waals surface area (Å²) in [4.78, 5) is 0. The van der Waals surface area contributed by atoms with E-state index in [9.17, 15) is 5.26 Å². The number of benzene rings is 10. The fourth-order valence-corrected chi connectivity index (χ4v) is 11.1. The van der Waals surface area contributed by atoms with Crippen molar-refractivity contribution in [1.29, 1.82) is 5.26 Å². The van der Waals surface area contributed by atoms with Gasteiger partial charge in [0.1, 0.15) is 23.3 Å². The Hall–Kier alpha value is -9.25. The summed E-state index contributed by atoms with van der Waals surface area (Å²) < 4.78 is 39.6. The van der Waals surface area contributed by atoms with Crippen LogP contribution < -0.4 is 0 Å². The highest BCUT2D eigenvalue weighted by Gasteiger charge is 2.24. The lowest BCUT2D eigenvalue weighted by Gasteiger charge is -2.19. The van der Waals surface area contributed by atoms with Crippen LogP contribution in [0.15, 0.2) is 212 Å². The fourth-order valence-electron chi connectivity index (χ4n) is 11.1. The second-order valence-electron chi connectivity index (χ2n) is 17.5. The Morgan fingerprint density at radius 3 is 0.926 bits per heavy atom. The average Bonchev–Trinajstić information content (AvgIpc) is 4.10. The minimum absolute atomic E-state index is 0.355. The van der Waals surface area contributed by atoms with Crippen molar-refractivity contribution >= 4 is 87.2 Å². The molecule has 0 bridgehead atoms. The minimum atomic E-state index is -0.687. The van der Waals surface area contributed by atoms with E-state index in [1.54, 1.807) is 0 Å². The quantitative estimate of drug-likeness (QED) is 0.170. The number of para-hydroxylation sites is 6. The average molecular weight is 876 g/mol. The molecule has 68 heavy (non-hydrogen) atoms. The molecule has 0 saturated carbocycles. The third-order valence-corrected chi connectivity index (χ3v) is 13.9. The first kappa shape index (κ1) is 38.1. The normalized spacial score (nSPS) is 12.0. The van der Waals surface area contributed by atoms with E-state index < -0.39 is 11.6 Å². The molecule has 0 radical (unpaired) electrons. The fraction of sp³-hybridized carbons (Fsp3) is 0. The first-order valence-electron chi connectivity index (χ1n) is 22.6. The Balaban J connectivity index is 1.10. The van der Waals surface area contributed by atoms with Gasteiger partial charge in [-0.05, 0) is 96.1 Å². The maximum absolute atomic E-state index is 15.3. The summed E-state index contributed by atoms with van der Waals surface area (Å²) in [6.07, 6.45) is 0. The highest BCUT2D eigenvalue weighted by Crippen LogP contribution is 2.43. The molecule has 0 N–H and O–H groups in total. The van der Waals surface area contributed by atoms with Crippen molar-refractivity contribution in [1.82, 2.24) is 18.3 Å². The Labute approximate surface area is 387 Å². The van der Waals surface area contributed by atoms with E-state index in [-0.39, 0.29) is 0 Å². The summed E-state index contributed by atoms with van der Waals surface area (Å²) in [6.45, 7) is 0. The van der Waals surface area contributed by atoms with Gasteiger partial charge in [0, 0.05) is 60.5 Å². The zero-order chi connectivity index (χ0) is 45.2. The molecule has 0 saturated heterocycles. The van der Waals surface area contributed by atoms with Crippen molar-refractivity contribution in [3.8, 4) is 39.9 Å². The van der Waals surface area contributed by atoms with Crippen LogP contribution >= 0.6 is 0 Å². The topological polar surface area (TPSA) is 43.5 Å². The summed E-state index contributed by atoms with van der Waals surface area (Å²) in [7, 11) is 0. The third-order valence-electron chi connectivity index (χ3n) is 13.9. The molecular formula is C61H35F2N5. The van der Waals surface area contributed by atoms with Crippen LogP contribution in [0.25, 0.3) is 121 Å². The van der Waals surface area contributed by atoms with Crippen molar-refractivity contribution in [2.45, 2.75) is 0 Å². The molecule has 10 aromatic carbocycles. The lowest BCUT2D eigenvalue weighted by Crippen LogP contribution is -2.06. The van der Waals surface area contributed by atoms with Gasteiger partial charge >= 0.3 is 0 Å². The van der Waals surface area contributed by atoms with Gasteiger partial charge in [-0.2, -0.15) is 5.26 Å². The van der Waals surface area contributed by atoms with E-state index in [0.717, 1.165) is 105 Å². The van der Waals surface area contributed by atoms with Gasteiger partial charge in [-0.3, -0.25) is 0 Å². The number of hydrogen-bond acceptors (Lipinski definition) is 1. The van der Waals surface area contributed by atoms with Crippen molar-refractivity contribution in [3.05, 3.63) is 230 Å². The molecular weight excluding hydrogens is 841 g/mol. The summed E-state index contributed by atoms with van der Waals surface area (Å²) >= 11 is 0. The first-order chi connectivity index (χ1) is 33.5. The van der Waals surface area contributed by atoms with Crippen LogP contribution in [0.1, 0.15) is 5.56 Å². The molecule has 14 aromatic rings. The van der Waals surface area contributed by atoms with Crippen LogP contribution in [0.5, 0.6) is 0 Å². The third kappa shape index (κ3) is 5.40. The SMILES string of the molecule is N#Cc1c(-n2c3ccccc3c3ccc(-n4c5ccccc5c5ccccc54)cc32)cc(-c2cc(F)cc(F)c2)cc1-n1c2ccccc2c2ccc(-n3c4ccccc4c4ccccc43)cc21. The van der Waals surface area contributed by atoms with Gasteiger partial charge < -0.3 is 18.3 Å². The highest BCUT2D eigenvalue weighted by molar-refractivity contribution is 6.14. The van der Waals surface area contributed by atoms with E-state index in [4.69, 9.17) is 0 Å². The van der Waals surface area contributed by atoms with Gasteiger partial charge in [0.2, 0.25) is 0 Å². The van der Waals surface area contributed by atoms with Gasteiger partial charge in [0.25, 0.3) is 0 Å². The maximum atomic E-state index is 15.3. The van der Waals surface area contributed by atoms with Crippen LogP contribution in [0.3, 0.4) is 0 Å². The van der Waals surface area contributed by atoms with Gasteiger partial charge in [0.05, 0.1) is 55.5 Å². The largest absolute Gasteiger partial charge is 0.309 e. The minimum Gasteiger partial charge on any atom is -0.309 e. The number of nitrogens with zero attached hydrogens (tertiary/aromatic N) is 5. The van der Waals surface area contributed by atoms with Crippen LogP contribution in [-0.4, -0.2) is 18.3 Å². The monoisotopic (exact) mass is 875 g/mol. The Morgan fingerprint density at radius 2 is 0.588 bits per heavy atom. The number of fused-ring (bicyclic) bond motifs is 12. The van der Waals surface area contributed by atoms with Crippen molar-refractivity contribution in [2.75, 3.05) is 0 Å². The molecule has 0 aliphatic carbocycles. The molecule has 4 aromatic heterocycles. The van der Waals surface area contributed by atoms with Crippen molar-refractivity contribution < 1.29 is 8.78 Å². The van der Waals surface area contributed by atoms with E-state index in [1.807, 2.05) is 36.4 Å². The predicted molar refractivity (Wildman–Crippen MR) is 274 cm³/mol. The second-order valence-corrected chi connectivity index (χ2v) is 17.5. The van der Waals surface area contributed by atoms with Gasteiger partial charge in [-0.25, -0.2) is 8.78 Å². The predicted octanol–water partition coefficient (Wildman–Crippen LogP) is 15.9. The lowest BCUT2D eigenvalue weighted by atomic mass is 9.99. The number of hydrogen-bond donors (Lipinski definition) is 0. The second kappa shape index (κ2) is 14.4. The van der Waals surface area contributed by atoms with E-state index in [0.29, 0.717) is 28.1 Å². The molecule has 0 spiro atoms. The van der Waals surface area contributed by atoms with Crippen LogP contribution in [0.4, 0.5) is 8.78 Å². The molecule has 7 heteroatoms. The summed E-state index contributed by atoms with van der Waals surface area (Å²) in [5.41, 5.74) is 12.3. The molecule has 0 amide bonds.